The van der Waals surface area contributed by atoms with E-state index in [9.17, 15) is 14.4 Å². The van der Waals surface area contributed by atoms with Crippen molar-refractivity contribution in [1.29, 1.82) is 0 Å². The Balaban J connectivity index is 0. The van der Waals surface area contributed by atoms with E-state index in [1.807, 2.05) is 0 Å². The number of hydrogen-bond donors (Lipinski definition) is 3. The van der Waals surface area contributed by atoms with Gasteiger partial charge >= 0.3 is 12.1 Å². The van der Waals surface area contributed by atoms with E-state index in [-0.39, 0.29) is 6.54 Å². The molecule has 0 aromatic heterocycles. The first kappa shape index (κ1) is 20.5. The molecular formula is C13H26N2O5. The molecular weight excluding hydrogens is 264 g/mol. The van der Waals surface area contributed by atoms with Crippen molar-refractivity contribution in [3.05, 3.63) is 0 Å². The topological polar surface area (TPSA) is 105 Å². The van der Waals surface area contributed by atoms with Gasteiger partial charge in [0.1, 0.15) is 18.7 Å². The number of nitrogens with one attached hydrogen (secondary N) is 2. The molecule has 0 unspecified atom stereocenters. The first-order valence-corrected chi connectivity index (χ1v) is 6.39. The predicted molar refractivity (Wildman–Crippen MR) is 75.4 cm³/mol. The van der Waals surface area contributed by atoms with Crippen molar-refractivity contribution in [1.82, 2.24) is 10.6 Å². The molecule has 0 aliphatic heterocycles. The third-order valence-electron chi connectivity index (χ3n) is 1.23. The van der Waals surface area contributed by atoms with Gasteiger partial charge in [0.15, 0.2) is 0 Å². The molecule has 2 amide bonds. The molecule has 20 heavy (non-hydrogen) atoms. The van der Waals surface area contributed by atoms with E-state index >= 15 is 0 Å². The number of alkyl carbamates (subject to hydrolysis) is 1. The Hall–Kier alpha value is -1.79. The van der Waals surface area contributed by atoms with Crippen molar-refractivity contribution in [2.75, 3.05) is 13.1 Å². The Morgan fingerprint density at radius 1 is 1.05 bits per heavy atom. The molecule has 0 spiro atoms. The third-order valence-corrected chi connectivity index (χ3v) is 1.23. The van der Waals surface area contributed by atoms with E-state index in [2.05, 4.69) is 31.4 Å². The zero-order valence-corrected chi connectivity index (χ0v) is 13.1. The van der Waals surface area contributed by atoms with Crippen LogP contribution in [0.25, 0.3) is 0 Å². The van der Waals surface area contributed by atoms with Gasteiger partial charge in [0.25, 0.3) is 0 Å². The van der Waals surface area contributed by atoms with Crippen LogP contribution in [0.1, 0.15) is 41.5 Å². The van der Waals surface area contributed by atoms with Gasteiger partial charge in [-0.25, -0.2) is 4.79 Å². The molecule has 7 nitrogen and oxygen atoms in total. The van der Waals surface area contributed by atoms with Gasteiger partial charge in [-0.2, -0.15) is 0 Å². The maximum Gasteiger partial charge on any atom is 0.408 e. The van der Waals surface area contributed by atoms with Gasteiger partial charge < -0.3 is 20.5 Å². The van der Waals surface area contributed by atoms with Gasteiger partial charge in [0, 0.05) is 0 Å². The van der Waals surface area contributed by atoms with E-state index in [0.717, 1.165) is 5.92 Å². The number of aliphatic carboxylic acids is 1. The minimum absolute atomic E-state index is 0.317. The summed E-state index contributed by atoms with van der Waals surface area (Å²) in [7, 11) is 0. The maximum atomic E-state index is 11.1. The molecule has 0 aliphatic carbocycles. The zero-order valence-electron chi connectivity index (χ0n) is 13.1. The lowest BCUT2D eigenvalue weighted by Crippen LogP contribution is -2.41. The fraction of sp³-hybridized carbons (Fsp3) is 0.769. The van der Waals surface area contributed by atoms with E-state index < -0.39 is 30.1 Å². The van der Waals surface area contributed by atoms with Gasteiger partial charge in [0.2, 0.25) is 5.91 Å². The molecule has 0 aromatic carbocycles. The molecule has 0 fully saturated rings. The fourth-order valence-corrected chi connectivity index (χ4v) is 0.703. The summed E-state index contributed by atoms with van der Waals surface area (Å²) >= 11 is 0. The molecule has 0 saturated heterocycles. The number of rotatable bonds is 4. The van der Waals surface area contributed by atoms with Crippen LogP contribution in [0.2, 0.25) is 0 Å². The minimum atomic E-state index is -1.15. The van der Waals surface area contributed by atoms with Crippen molar-refractivity contribution < 1.29 is 24.2 Å². The van der Waals surface area contributed by atoms with Crippen molar-refractivity contribution >= 4 is 18.0 Å². The molecule has 0 radical (unpaired) electrons. The van der Waals surface area contributed by atoms with Gasteiger partial charge in [-0.05, 0) is 26.7 Å². The third kappa shape index (κ3) is 21.5. The SMILES string of the molecule is CC(C)(C)OC(=O)NCC(=O)NCC(=O)O.CC(C)C. The summed E-state index contributed by atoms with van der Waals surface area (Å²) in [4.78, 5) is 32.1. The Kier molecular flexibility index (Phi) is 10.3. The molecule has 0 bridgehead atoms. The van der Waals surface area contributed by atoms with E-state index in [1.54, 1.807) is 20.8 Å². The number of carbonyl (C=O) groups is 3. The summed E-state index contributed by atoms with van der Waals surface area (Å²) in [6, 6.07) is 0. The van der Waals surface area contributed by atoms with E-state index in [1.165, 1.54) is 0 Å². The summed E-state index contributed by atoms with van der Waals surface area (Å²) in [5.41, 5.74) is -0.637. The summed E-state index contributed by atoms with van der Waals surface area (Å²) in [6.07, 6.45) is -0.724. The average molecular weight is 290 g/mol. The Labute approximate surface area is 120 Å². The first-order chi connectivity index (χ1) is 8.94. The fourth-order valence-electron chi connectivity index (χ4n) is 0.703. The average Bonchev–Trinajstić information content (AvgIpc) is 2.20. The van der Waals surface area contributed by atoms with Crippen LogP contribution >= 0.6 is 0 Å². The molecule has 0 aliphatic rings. The quantitative estimate of drug-likeness (QED) is 0.725. The molecule has 118 valence electrons. The second kappa shape index (κ2) is 10.1. The van der Waals surface area contributed by atoms with Crippen LogP contribution in [0.15, 0.2) is 0 Å². The van der Waals surface area contributed by atoms with Crippen LogP contribution in [0.3, 0.4) is 0 Å². The van der Waals surface area contributed by atoms with Gasteiger partial charge in [-0.15, -0.1) is 0 Å². The normalized spacial score (nSPS) is 10.2. The summed E-state index contributed by atoms with van der Waals surface area (Å²) in [5.74, 6) is -0.904. The molecule has 3 N–H and O–H groups in total. The molecule has 0 rings (SSSR count). The van der Waals surface area contributed by atoms with Crippen LogP contribution in [0, 0.1) is 5.92 Å². The standard InChI is InChI=1S/C9H16N2O5.C4H10/c1-9(2,3)16-8(15)11-4-6(12)10-5-7(13)14;1-4(2)3/h4-5H2,1-3H3,(H,10,12)(H,11,15)(H,13,14);4H,1-3H3. The van der Waals surface area contributed by atoms with Crippen LogP contribution in [-0.4, -0.2) is 41.8 Å². The number of carboxylic acid groups (broad SMARTS) is 1. The van der Waals surface area contributed by atoms with Crippen LogP contribution < -0.4 is 10.6 Å². The zero-order chi connectivity index (χ0) is 16.3. The monoisotopic (exact) mass is 290 g/mol. The predicted octanol–water partition coefficient (Wildman–Crippen LogP) is 1.37. The summed E-state index contributed by atoms with van der Waals surface area (Å²) < 4.78 is 4.87. The molecule has 7 heteroatoms. The van der Waals surface area contributed by atoms with Crippen molar-refractivity contribution in [2.24, 2.45) is 5.92 Å². The van der Waals surface area contributed by atoms with Crippen LogP contribution in [0.5, 0.6) is 0 Å². The Morgan fingerprint density at radius 3 is 1.85 bits per heavy atom. The van der Waals surface area contributed by atoms with Crippen LogP contribution in [0.4, 0.5) is 4.79 Å². The number of ether oxygens (including phenoxy) is 1. The molecule has 0 aromatic rings. The molecule has 0 atom stereocenters. The highest BCUT2D eigenvalue weighted by Gasteiger charge is 2.16. The highest BCUT2D eigenvalue weighted by atomic mass is 16.6. The van der Waals surface area contributed by atoms with E-state index in [0.29, 0.717) is 0 Å². The summed E-state index contributed by atoms with van der Waals surface area (Å²) in [6.45, 7) is 10.8. The smallest absolute Gasteiger partial charge is 0.408 e. The molecule has 0 saturated carbocycles. The van der Waals surface area contributed by atoms with Gasteiger partial charge in [0.05, 0.1) is 0 Å². The van der Waals surface area contributed by atoms with E-state index in [4.69, 9.17) is 9.84 Å². The van der Waals surface area contributed by atoms with Crippen molar-refractivity contribution in [3.8, 4) is 0 Å². The lowest BCUT2D eigenvalue weighted by molar-refractivity contribution is -0.137. The minimum Gasteiger partial charge on any atom is -0.480 e. The highest BCUT2D eigenvalue weighted by molar-refractivity contribution is 5.85. The van der Waals surface area contributed by atoms with Gasteiger partial charge in [-0.1, -0.05) is 20.8 Å². The maximum absolute atomic E-state index is 11.1. The first-order valence-electron chi connectivity index (χ1n) is 6.39. The number of carbonyl (C=O) groups excluding carboxylic acids is 2. The summed E-state index contributed by atoms with van der Waals surface area (Å²) in [5, 5.41) is 12.6. The number of hydrogen-bond acceptors (Lipinski definition) is 4. The lowest BCUT2D eigenvalue weighted by Gasteiger charge is -2.19. The largest absolute Gasteiger partial charge is 0.480 e. The highest BCUT2D eigenvalue weighted by Crippen LogP contribution is 2.05. The molecule has 0 heterocycles. The second-order valence-electron chi connectivity index (χ2n) is 5.76. The van der Waals surface area contributed by atoms with Gasteiger partial charge in [-0.3, -0.25) is 9.59 Å². The Morgan fingerprint density at radius 2 is 1.50 bits per heavy atom. The lowest BCUT2D eigenvalue weighted by atomic mass is 10.2. The van der Waals surface area contributed by atoms with Crippen molar-refractivity contribution in [2.45, 2.75) is 47.1 Å². The number of carboxylic acids is 1. The second-order valence-corrected chi connectivity index (χ2v) is 5.76. The van der Waals surface area contributed by atoms with Crippen LogP contribution in [-0.2, 0) is 14.3 Å². The van der Waals surface area contributed by atoms with Crippen molar-refractivity contribution in [3.63, 3.8) is 0 Å². The Bertz CT molecular complexity index is 318. The number of amides is 2.